The molecule has 0 saturated carbocycles. The molecule has 2 amide bonds. The van der Waals surface area contributed by atoms with Crippen molar-refractivity contribution in [3.05, 3.63) is 106 Å². The predicted octanol–water partition coefficient (Wildman–Crippen LogP) is 5.93. The molecular formula is C29H27N3O2S. The summed E-state index contributed by atoms with van der Waals surface area (Å²) in [4.78, 5) is 28.4. The van der Waals surface area contributed by atoms with Crippen LogP contribution in [0.15, 0.2) is 83.4 Å². The van der Waals surface area contributed by atoms with Crippen molar-refractivity contribution in [2.24, 2.45) is 0 Å². The second-order valence-corrected chi connectivity index (χ2v) is 9.74. The minimum absolute atomic E-state index is 0.0717. The minimum Gasteiger partial charge on any atom is -0.321 e. The Morgan fingerprint density at radius 3 is 2.29 bits per heavy atom. The van der Waals surface area contributed by atoms with Gasteiger partial charge in [0.15, 0.2) is 0 Å². The van der Waals surface area contributed by atoms with E-state index in [0.717, 1.165) is 28.7 Å². The first-order valence-electron chi connectivity index (χ1n) is 11.6. The van der Waals surface area contributed by atoms with Crippen LogP contribution in [0.4, 0.5) is 11.4 Å². The zero-order chi connectivity index (χ0) is 24.9. The van der Waals surface area contributed by atoms with E-state index in [0.29, 0.717) is 22.8 Å². The minimum atomic E-state index is -0.525. The fourth-order valence-corrected chi connectivity index (χ4v) is 5.25. The Balaban J connectivity index is 1.73. The van der Waals surface area contributed by atoms with E-state index in [1.807, 2.05) is 80.6 Å². The zero-order valence-electron chi connectivity index (χ0n) is 20.0. The number of benzene rings is 3. The Kier molecular flexibility index (Phi) is 7.38. The highest BCUT2D eigenvalue weighted by Gasteiger charge is 2.40. The zero-order valence-corrected chi connectivity index (χ0v) is 20.9. The molecule has 1 atom stereocenters. The number of amides is 2. The summed E-state index contributed by atoms with van der Waals surface area (Å²) in [6, 6.07) is 25.2. The molecule has 1 fully saturated rings. The van der Waals surface area contributed by atoms with Crippen LogP contribution >= 0.6 is 11.8 Å². The van der Waals surface area contributed by atoms with Gasteiger partial charge in [-0.05, 0) is 61.6 Å². The van der Waals surface area contributed by atoms with Gasteiger partial charge < -0.3 is 5.32 Å². The molecule has 1 heterocycles. The third-order valence-corrected chi connectivity index (χ3v) is 7.31. The predicted molar refractivity (Wildman–Crippen MR) is 142 cm³/mol. The van der Waals surface area contributed by atoms with Gasteiger partial charge in [0.05, 0.1) is 5.25 Å². The molecule has 1 unspecified atom stereocenters. The summed E-state index contributed by atoms with van der Waals surface area (Å²) < 4.78 is 0. The fourth-order valence-electron chi connectivity index (χ4n) is 3.94. The van der Waals surface area contributed by atoms with Gasteiger partial charge in [0.1, 0.15) is 16.7 Å². The van der Waals surface area contributed by atoms with Crippen LogP contribution in [-0.4, -0.2) is 17.1 Å². The maximum Gasteiger partial charge on any atom is 0.269 e. The van der Waals surface area contributed by atoms with Gasteiger partial charge in [-0.3, -0.25) is 14.5 Å². The molecule has 1 aliphatic heterocycles. The van der Waals surface area contributed by atoms with E-state index in [1.54, 1.807) is 6.07 Å². The van der Waals surface area contributed by atoms with Gasteiger partial charge in [-0.2, -0.15) is 5.26 Å². The van der Waals surface area contributed by atoms with E-state index in [1.165, 1.54) is 16.7 Å². The Labute approximate surface area is 210 Å². The normalized spacial score (nSPS) is 16.7. The summed E-state index contributed by atoms with van der Waals surface area (Å²) in [7, 11) is 0. The molecule has 0 radical (unpaired) electrons. The molecule has 5 nitrogen and oxygen atoms in total. The smallest absolute Gasteiger partial charge is 0.269 e. The van der Waals surface area contributed by atoms with E-state index in [-0.39, 0.29) is 11.5 Å². The number of carbonyl (C=O) groups is 2. The van der Waals surface area contributed by atoms with Crippen LogP contribution in [-0.2, 0) is 22.4 Å². The quantitative estimate of drug-likeness (QED) is 0.350. The third-order valence-electron chi connectivity index (χ3n) is 6.04. The van der Waals surface area contributed by atoms with E-state index >= 15 is 0 Å². The summed E-state index contributed by atoms with van der Waals surface area (Å²) >= 11 is 1.28. The largest absolute Gasteiger partial charge is 0.321 e. The summed E-state index contributed by atoms with van der Waals surface area (Å²) in [5.41, 5.74) is 5.43. The lowest BCUT2D eigenvalue weighted by Gasteiger charge is -2.19. The molecule has 176 valence electrons. The Bertz CT molecular complexity index is 1320. The number of anilines is 2. The highest BCUT2D eigenvalue weighted by molar-refractivity contribution is 8.05. The molecule has 3 aromatic carbocycles. The van der Waals surface area contributed by atoms with Crippen LogP contribution in [0.5, 0.6) is 0 Å². The number of aryl methyl sites for hydroxylation is 3. The highest BCUT2D eigenvalue weighted by atomic mass is 32.2. The van der Waals surface area contributed by atoms with Crippen LogP contribution in [0.25, 0.3) is 0 Å². The Morgan fingerprint density at radius 1 is 1.00 bits per heavy atom. The maximum atomic E-state index is 13.6. The van der Waals surface area contributed by atoms with E-state index in [4.69, 9.17) is 0 Å². The van der Waals surface area contributed by atoms with Gasteiger partial charge >= 0.3 is 0 Å². The first kappa shape index (κ1) is 24.3. The average molecular weight is 482 g/mol. The molecule has 0 aliphatic carbocycles. The SMILES string of the molecule is CCc1ccc(N2C(=O)C(Cc3ccc(C)cc3)S/C2=C(/C#N)C(=O)Nc2ccccc2C)cc1. The van der Waals surface area contributed by atoms with Gasteiger partial charge in [0, 0.05) is 11.4 Å². The monoisotopic (exact) mass is 481 g/mol. The number of carbonyl (C=O) groups excluding carboxylic acids is 2. The lowest BCUT2D eigenvalue weighted by atomic mass is 10.1. The molecule has 1 aliphatic rings. The number of nitrogens with one attached hydrogen (secondary N) is 1. The standard InChI is InChI=1S/C29H27N3O2S/c1-4-21-13-15-23(16-14-21)32-28(34)26(17-22-11-9-19(2)10-12-22)35-29(32)24(18-30)27(33)31-25-8-6-5-7-20(25)3/h5-16,26H,4,17H2,1-3H3,(H,31,33)/b29-24-. The summed E-state index contributed by atoms with van der Waals surface area (Å²) in [5.74, 6) is -0.658. The van der Waals surface area contributed by atoms with Gasteiger partial charge in [-0.1, -0.05) is 78.8 Å². The number of thioether (sulfide) groups is 1. The number of hydrogen-bond acceptors (Lipinski definition) is 4. The van der Waals surface area contributed by atoms with Crippen molar-refractivity contribution < 1.29 is 9.59 Å². The topological polar surface area (TPSA) is 73.2 Å². The first-order chi connectivity index (χ1) is 16.9. The van der Waals surface area contributed by atoms with Crippen molar-refractivity contribution in [1.29, 1.82) is 5.26 Å². The van der Waals surface area contributed by atoms with Crippen molar-refractivity contribution in [3.8, 4) is 6.07 Å². The van der Waals surface area contributed by atoms with Crippen molar-refractivity contribution >= 4 is 35.0 Å². The number of hydrogen-bond donors (Lipinski definition) is 1. The number of rotatable bonds is 6. The molecule has 0 spiro atoms. The summed E-state index contributed by atoms with van der Waals surface area (Å²) in [6.45, 7) is 5.98. The summed E-state index contributed by atoms with van der Waals surface area (Å²) in [5, 5.41) is 12.8. The van der Waals surface area contributed by atoms with Crippen LogP contribution in [0.2, 0.25) is 0 Å². The van der Waals surface area contributed by atoms with E-state index in [9.17, 15) is 14.9 Å². The van der Waals surface area contributed by atoms with Crippen molar-refractivity contribution in [2.45, 2.75) is 38.9 Å². The van der Waals surface area contributed by atoms with Crippen molar-refractivity contribution in [1.82, 2.24) is 0 Å². The first-order valence-corrected chi connectivity index (χ1v) is 12.5. The fraction of sp³-hybridized carbons (Fsp3) is 0.207. The van der Waals surface area contributed by atoms with Gasteiger partial charge in [0.2, 0.25) is 5.91 Å². The molecule has 3 aromatic rings. The maximum absolute atomic E-state index is 13.6. The molecule has 35 heavy (non-hydrogen) atoms. The van der Waals surface area contributed by atoms with Gasteiger partial charge in [-0.25, -0.2) is 0 Å². The molecule has 0 aromatic heterocycles. The van der Waals surface area contributed by atoms with Gasteiger partial charge in [0.25, 0.3) is 5.91 Å². The van der Waals surface area contributed by atoms with Crippen LogP contribution in [0.1, 0.15) is 29.2 Å². The second kappa shape index (κ2) is 10.6. The highest BCUT2D eigenvalue weighted by Crippen LogP contribution is 2.42. The van der Waals surface area contributed by atoms with Crippen molar-refractivity contribution in [3.63, 3.8) is 0 Å². The molecule has 6 heteroatoms. The van der Waals surface area contributed by atoms with Gasteiger partial charge in [-0.15, -0.1) is 0 Å². The van der Waals surface area contributed by atoms with Crippen LogP contribution in [0, 0.1) is 25.2 Å². The molecule has 1 N–H and O–H groups in total. The molecule has 1 saturated heterocycles. The second-order valence-electron chi connectivity index (χ2n) is 8.55. The molecule has 4 rings (SSSR count). The van der Waals surface area contributed by atoms with Crippen LogP contribution < -0.4 is 10.2 Å². The Hall–Kier alpha value is -3.82. The van der Waals surface area contributed by atoms with E-state index < -0.39 is 11.2 Å². The Morgan fingerprint density at radius 2 is 1.66 bits per heavy atom. The van der Waals surface area contributed by atoms with Crippen molar-refractivity contribution in [2.75, 3.05) is 10.2 Å². The lowest BCUT2D eigenvalue weighted by Crippen LogP contribution is -2.31. The lowest BCUT2D eigenvalue weighted by molar-refractivity contribution is -0.117. The summed E-state index contributed by atoms with van der Waals surface area (Å²) in [6.07, 6.45) is 1.39. The molecular weight excluding hydrogens is 454 g/mol. The number of nitriles is 1. The number of nitrogens with zero attached hydrogens (tertiary/aromatic N) is 2. The third kappa shape index (κ3) is 5.31. The van der Waals surface area contributed by atoms with E-state index in [2.05, 4.69) is 18.3 Å². The van der Waals surface area contributed by atoms with Crippen LogP contribution in [0.3, 0.4) is 0 Å². The molecule has 0 bridgehead atoms. The average Bonchev–Trinajstić information content (AvgIpc) is 3.17. The number of para-hydroxylation sites is 1.